The van der Waals surface area contributed by atoms with Crippen molar-refractivity contribution in [2.24, 2.45) is 11.3 Å². The van der Waals surface area contributed by atoms with E-state index < -0.39 is 17.8 Å². The number of ether oxygens (including phenoxy) is 1. The summed E-state index contributed by atoms with van der Waals surface area (Å²) in [7, 11) is 1.57. The molecule has 0 saturated heterocycles. The summed E-state index contributed by atoms with van der Waals surface area (Å²) in [6, 6.07) is 3.27. The van der Waals surface area contributed by atoms with E-state index >= 15 is 0 Å². The summed E-state index contributed by atoms with van der Waals surface area (Å²) in [6.45, 7) is 7.62. The molecule has 3 N–H and O–H groups in total. The van der Waals surface area contributed by atoms with Gasteiger partial charge in [-0.05, 0) is 35.6 Å². The maximum atomic E-state index is 12.7. The number of nitrogens with one attached hydrogen (secondary N) is 1. The van der Waals surface area contributed by atoms with Crippen LogP contribution in [0.1, 0.15) is 43.5 Å². The first-order valence-corrected chi connectivity index (χ1v) is 6.69. The molecule has 2 unspecified atom stereocenters. The number of alkyl halides is 3. The van der Waals surface area contributed by atoms with E-state index in [9.17, 15) is 13.2 Å². The predicted molar refractivity (Wildman–Crippen MR) is 76.5 cm³/mol. The lowest BCUT2D eigenvalue weighted by Gasteiger charge is -2.36. The van der Waals surface area contributed by atoms with Gasteiger partial charge in [0.15, 0.2) is 0 Å². The zero-order valence-electron chi connectivity index (χ0n) is 13.0. The van der Waals surface area contributed by atoms with Gasteiger partial charge in [-0.1, -0.05) is 26.8 Å². The smallest absolute Gasteiger partial charge is 0.379 e. The summed E-state index contributed by atoms with van der Waals surface area (Å²) < 4.78 is 43.7. The van der Waals surface area contributed by atoms with E-state index in [1.165, 1.54) is 6.07 Å². The molecule has 0 spiro atoms. The number of hydrazine groups is 1. The third kappa shape index (κ3) is 4.18. The number of benzene rings is 1. The molecule has 0 bridgehead atoms. The molecule has 0 aromatic heterocycles. The van der Waals surface area contributed by atoms with Gasteiger partial charge in [0.05, 0.1) is 17.7 Å². The number of nitrogens with two attached hydrogens (primary N) is 1. The van der Waals surface area contributed by atoms with Crippen molar-refractivity contribution in [3.05, 3.63) is 34.9 Å². The maximum Gasteiger partial charge on any atom is 0.416 e. The van der Waals surface area contributed by atoms with Crippen LogP contribution in [0.25, 0.3) is 0 Å². The summed E-state index contributed by atoms with van der Waals surface area (Å²) >= 11 is 0. The van der Waals surface area contributed by atoms with E-state index in [1.807, 2.05) is 20.8 Å². The second-order valence-corrected chi connectivity index (χ2v) is 6.24. The summed E-state index contributed by atoms with van der Waals surface area (Å²) in [5.74, 6) is 5.62. The predicted octanol–water partition coefficient (Wildman–Crippen LogP) is 3.58. The minimum atomic E-state index is -4.35. The van der Waals surface area contributed by atoms with Gasteiger partial charge in [0, 0.05) is 7.11 Å². The van der Waals surface area contributed by atoms with Gasteiger partial charge in [0.25, 0.3) is 0 Å². The number of aryl methyl sites for hydroxylation is 1. The van der Waals surface area contributed by atoms with Crippen molar-refractivity contribution in [2.75, 3.05) is 7.11 Å². The fourth-order valence-corrected chi connectivity index (χ4v) is 2.53. The van der Waals surface area contributed by atoms with E-state index in [1.54, 1.807) is 14.0 Å². The average molecular weight is 304 g/mol. The Kier molecular flexibility index (Phi) is 5.41. The van der Waals surface area contributed by atoms with Gasteiger partial charge in [0.1, 0.15) is 0 Å². The monoisotopic (exact) mass is 304 g/mol. The Hall–Kier alpha value is -1.11. The molecule has 1 rings (SSSR count). The molecule has 1 aromatic carbocycles. The lowest BCUT2D eigenvalue weighted by Crippen LogP contribution is -2.44. The topological polar surface area (TPSA) is 47.3 Å². The molecule has 120 valence electrons. The minimum absolute atomic E-state index is 0.221. The number of methoxy groups -OCH3 is 1. The Balaban J connectivity index is 3.24. The van der Waals surface area contributed by atoms with E-state index in [0.717, 1.165) is 12.1 Å². The molecule has 0 fully saturated rings. The number of rotatable bonds is 4. The van der Waals surface area contributed by atoms with Crippen LogP contribution in [-0.4, -0.2) is 13.2 Å². The van der Waals surface area contributed by atoms with Crippen molar-refractivity contribution in [1.29, 1.82) is 0 Å². The molecule has 1 aromatic rings. The third-order valence-corrected chi connectivity index (χ3v) is 3.52. The quantitative estimate of drug-likeness (QED) is 0.660. The molecule has 0 heterocycles. The Bertz CT molecular complexity index is 481. The summed E-state index contributed by atoms with van der Waals surface area (Å²) in [5.41, 5.74) is 3.01. The highest BCUT2D eigenvalue weighted by Crippen LogP contribution is 2.36. The van der Waals surface area contributed by atoms with Gasteiger partial charge < -0.3 is 4.74 Å². The van der Waals surface area contributed by atoms with Crippen LogP contribution in [0.15, 0.2) is 18.2 Å². The van der Waals surface area contributed by atoms with Crippen LogP contribution >= 0.6 is 0 Å². The Morgan fingerprint density at radius 3 is 2.10 bits per heavy atom. The van der Waals surface area contributed by atoms with Gasteiger partial charge in [-0.25, -0.2) is 0 Å². The molecule has 21 heavy (non-hydrogen) atoms. The third-order valence-electron chi connectivity index (χ3n) is 3.52. The highest BCUT2D eigenvalue weighted by molar-refractivity contribution is 5.35. The lowest BCUT2D eigenvalue weighted by atomic mass is 9.81. The SMILES string of the molecule is COC(C(NN)c1ccc(C(F)(F)F)cc1C)C(C)(C)C. The summed E-state index contributed by atoms with van der Waals surface area (Å²) in [4.78, 5) is 0. The van der Waals surface area contributed by atoms with E-state index in [4.69, 9.17) is 10.6 Å². The van der Waals surface area contributed by atoms with E-state index in [-0.39, 0.29) is 11.5 Å². The average Bonchev–Trinajstić information content (AvgIpc) is 2.33. The highest BCUT2D eigenvalue weighted by atomic mass is 19.4. The number of hydrogen-bond donors (Lipinski definition) is 2. The summed E-state index contributed by atoms with van der Waals surface area (Å²) in [5, 5.41) is 0. The molecule has 0 amide bonds. The minimum Gasteiger partial charge on any atom is -0.379 e. The normalized spacial score (nSPS) is 15.9. The van der Waals surface area contributed by atoms with Crippen molar-refractivity contribution >= 4 is 0 Å². The first-order valence-electron chi connectivity index (χ1n) is 6.69. The van der Waals surface area contributed by atoms with Crippen molar-refractivity contribution < 1.29 is 17.9 Å². The number of hydrogen-bond acceptors (Lipinski definition) is 3. The molecule has 0 aliphatic carbocycles. The molecule has 3 nitrogen and oxygen atoms in total. The van der Waals surface area contributed by atoms with Crippen molar-refractivity contribution in [2.45, 2.75) is 46.0 Å². The second-order valence-electron chi connectivity index (χ2n) is 6.24. The van der Waals surface area contributed by atoms with Crippen LogP contribution in [0.3, 0.4) is 0 Å². The standard InChI is InChI=1S/C15H23F3N2O/c1-9-8-10(15(16,17)18)6-7-11(9)12(20-19)13(21-5)14(2,3)4/h6-8,12-13,20H,19H2,1-5H3. The molecule has 6 heteroatoms. The van der Waals surface area contributed by atoms with Crippen LogP contribution in [0.5, 0.6) is 0 Å². The van der Waals surface area contributed by atoms with Crippen molar-refractivity contribution in [3.8, 4) is 0 Å². The fourth-order valence-electron chi connectivity index (χ4n) is 2.53. The van der Waals surface area contributed by atoms with Crippen LogP contribution < -0.4 is 11.3 Å². The van der Waals surface area contributed by atoms with Crippen molar-refractivity contribution in [1.82, 2.24) is 5.43 Å². The Labute approximate surface area is 123 Å². The Morgan fingerprint density at radius 2 is 1.76 bits per heavy atom. The van der Waals surface area contributed by atoms with Crippen LogP contribution in [0.4, 0.5) is 13.2 Å². The van der Waals surface area contributed by atoms with Gasteiger partial charge in [0.2, 0.25) is 0 Å². The van der Waals surface area contributed by atoms with E-state index in [0.29, 0.717) is 11.1 Å². The molecule has 0 aliphatic rings. The van der Waals surface area contributed by atoms with Crippen LogP contribution in [0.2, 0.25) is 0 Å². The lowest BCUT2D eigenvalue weighted by molar-refractivity contribution is -0.137. The van der Waals surface area contributed by atoms with Crippen LogP contribution in [-0.2, 0) is 10.9 Å². The number of halogens is 3. The molecule has 2 atom stereocenters. The highest BCUT2D eigenvalue weighted by Gasteiger charge is 2.35. The molecule has 0 radical (unpaired) electrons. The second kappa shape index (κ2) is 6.34. The zero-order valence-corrected chi connectivity index (χ0v) is 13.0. The maximum absolute atomic E-state index is 12.7. The van der Waals surface area contributed by atoms with Crippen LogP contribution in [0, 0.1) is 12.3 Å². The molecule has 0 aliphatic heterocycles. The molecule has 0 saturated carbocycles. The first kappa shape index (κ1) is 17.9. The Morgan fingerprint density at radius 1 is 1.19 bits per heavy atom. The fraction of sp³-hybridized carbons (Fsp3) is 0.600. The largest absolute Gasteiger partial charge is 0.416 e. The van der Waals surface area contributed by atoms with Crippen molar-refractivity contribution in [3.63, 3.8) is 0 Å². The van der Waals surface area contributed by atoms with Gasteiger partial charge in [-0.2, -0.15) is 13.2 Å². The summed E-state index contributed by atoms with van der Waals surface area (Å²) in [6.07, 6.45) is -4.63. The van der Waals surface area contributed by atoms with Gasteiger partial charge in [-0.3, -0.25) is 11.3 Å². The first-order chi connectivity index (χ1) is 9.52. The van der Waals surface area contributed by atoms with Gasteiger partial charge in [-0.15, -0.1) is 0 Å². The zero-order chi connectivity index (χ0) is 16.4. The van der Waals surface area contributed by atoms with Gasteiger partial charge >= 0.3 is 6.18 Å². The van der Waals surface area contributed by atoms with E-state index in [2.05, 4.69) is 5.43 Å². The molecular formula is C15H23F3N2O. The molecular weight excluding hydrogens is 281 g/mol.